The lowest BCUT2D eigenvalue weighted by atomic mass is 10.0. The largest absolute Gasteiger partial charge is 0.489 e. The molecule has 0 bridgehead atoms. The average molecular weight is 356 g/mol. The Bertz CT molecular complexity index is 824. The molecule has 8 nitrogen and oxygen atoms in total. The number of imide groups is 1. The number of ether oxygens (including phenoxy) is 1. The van der Waals surface area contributed by atoms with Crippen molar-refractivity contribution in [2.45, 2.75) is 31.5 Å². The first-order chi connectivity index (χ1) is 12.6. The molecule has 3 amide bonds. The summed E-state index contributed by atoms with van der Waals surface area (Å²) in [5.41, 5.74) is 2.54. The van der Waals surface area contributed by atoms with Crippen LogP contribution in [0.5, 0.6) is 5.75 Å². The van der Waals surface area contributed by atoms with Crippen LogP contribution in [0.1, 0.15) is 28.8 Å². The van der Waals surface area contributed by atoms with Crippen molar-refractivity contribution in [3.63, 3.8) is 0 Å². The maximum atomic E-state index is 12.9. The van der Waals surface area contributed by atoms with Crippen LogP contribution >= 0.6 is 0 Å². The Morgan fingerprint density at radius 3 is 2.88 bits per heavy atom. The number of piperidine rings is 1. The molecule has 2 fully saturated rings. The first-order valence-electron chi connectivity index (χ1n) is 9.03. The predicted molar refractivity (Wildman–Crippen MR) is 92.0 cm³/mol. The zero-order chi connectivity index (χ0) is 17.8. The Labute approximate surface area is 150 Å². The fraction of sp³-hybridized carbons (Fsp3) is 0.500. The van der Waals surface area contributed by atoms with Crippen molar-refractivity contribution in [2.75, 3.05) is 31.1 Å². The number of piperazine rings is 1. The van der Waals surface area contributed by atoms with Gasteiger partial charge in [-0.05, 0) is 24.1 Å². The molecule has 26 heavy (non-hydrogen) atoms. The third-order valence-electron chi connectivity index (χ3n) is 5.69. The Morgan fingerprint density at radius 2 is 2.04 bits per heavy atom. The molecule has 136 valence electrons. The number of nitrogens with one attached hydrogen (secondary N) is 2. The number of amides is 3. The van der Waals surface area contributed by atoms with Gasteiger partial charge in [-0.3, -0.25) is 19.7 Å². The van der Waals surface area contributed by atoms with Crippen LogP contribution in [0.4, 0.5) is 5.69 Å². The predicted octanol–water partition coefficient (Wildman–Crippen LogP) is -0.382. The molecule has 0 aromatic heterocycles. The second kappa shape index (κ2) is 5.70. The fourth-order valence-corrected chi connectivity index (χ4v) is 4.34. The van der Waals surface area contributed by atoms with Gasteiger partial charge in [0.2, 0.25) is 11.8 Å². The van der Waals surface area contributed by atoms with E-state index in [1.54, 1.807) is 4.90 Å². The summed E-state index contributed by atoms with van der Waals surface area (Å²) in [4.78, 5) is 40.3. The highest BCUT2D eigenvalue weighted by Gasteiger charge is 2.40. The molecule has 4 aliphatic heterocycles. The van der Waals surface area contributed by atoms with Gasteiger partial charge in [-0.1, -0.05) is 0 Å². The minimum atomic E-state index is -0.586. The molecule has 1 aromatic rings. The van der Waals surface area contributed by atoms with Crippen LogP contribution in [0.15, 0.2) is 12.1 Å². The molecule has 2 atom stereocenters. The van der Waals surface area contributed by atoms with Crippen molar-refractivity contribution in [2.24, 2.45) is 0 Å². The summed E-state index contributed by atoms with van der Waals surface area (Å²) in [5.74, 6) is -0.0849. The number of nitrogens with zero attached hydrogens (tertiary/aromatic N) is 2. The molecule has 2 saturated heterocycles. The fourth-order valence-electron chi connectivity index (χ4n) is 4.34. The first kappa shape index (κ1) is 15.6. The van der Waals surface area contributed by atoms with Gasteiger partial charge < -0.3 is 19.9 Å². The Balaban J connectivity index is 1.46. The lowest BCUT2D eigenvalue weighted by Crippen LogP contribution is -2.55. The molecule has 0 spiro atoms. The second-order valence-electron chi connectivity index (χ2n) is 7.24. The molecule has 2 N–H and O–H groups in total. The van der Waals surface area contributed by atoms with Crippen LogP contribution in [-0.4, -0.2) is 60.9 Å². The number of rotatable bonds is 1. The normalized spacial score (nSPS) is 27.5. The molecule has 8 heteroatoms. The minimum Gasteiger partial charge on any atom is -0.489 e. The number of benzene rings is 1. The van der Waals surface area contributed by atoms with E-state index < -0.39 is 6.04 Å². The number of hydrogen-bond acceptors (Lipinski definition) is 6. The van der Waals surface area contributed by atoms with Crippen LogP contribution < -0.4 is 20.3 Å². The summed E-state index contributed by atoms with van der Waals surface area (Å²) >= 11 is 0. The van der Waals surface area contributed by atoms with Crippen molar-refractivity contribution in [1.29, 1.82) is 0 Å². The van der Waals surface area contributed by atoms with Crippen LogP contribution in [0.2, 0.25) is 0 Å². The Morgan fingerprint density at radius 1 is 1.15 bits per heavy atom. The molecule has 2 unspecified atom stereocenters. The van der Waals surface area contributed by atoms with Crippen molar-refractivity contribution in [3.8, 4) is 5.75 Å². The number of fused-ring (bicyclic) bond motifs is 4. The van der Waals surface area contributed by atoms with E-state index in [1.807, 2.05) is 12.1 Å². The highest BCUT2D eigenvalue weighted by atomic mass is 16.5. The van der Waals surface area contributed by atoms with E-state index in [-0.39, 0.29) is 24.1 Å². The zero-order valence-electron chi connectivity index (χ0n) is 14.3. The number of anilines is 1. The summed E-state index contributed by atoms with van der Waals surface area (Å²) in [5, 5.41) is 5.71. The van der Waals surface area contributed by atoms with Crippen LogP contribution in [0.3, 0.4) is 0 Å². The van der Waals surface area contributed by atoms with E-state index in [0.717, 1.165) is 36.6 Å². The Hall–Kier alpha value is -2.61. The lowest BCUT2D eigenvalue weighted by molar-refractivity contribution is -0.136. The highest BCUT2D eigenvalue weighted by molar-refractivity contribution is 6.05. The quantitative estimate of drug-likeness (QED) is 0.667. The molecular weight excluding hydrogens is 336 g/mol. The van der Waals surface area contributed by atoms with Gasteiger partial charge in [0.25, 0.3) is 5.91 Å². The van der Waals surface area contributed by atoms with E-state index in [2.05, 4.69) is 15.5 Å². The molecule has 0 saturated carbocycles. The second-order valence-corrected chi connectivity index (χ2v) is 7.24. The average Bonchev–Trinajstić information content (AvgIpc) is 2.96. The van der Waals surface area contributed by atoms with Gasteiger partial charge in [0.15, 0.2) is 0 Å². The van der Waals surface area contributed by atoms with E-state index in [0.29, 0.717) is 31.2 Å². The summed E-state index contributed by atoms with van der Waals surface area (Å²) in [7, 11) is 0. The van der Waals surface area contributed by atoms with Gasteiger partial charge in [0.1, 0.15) is 18.4 Å². The molecule has 4 heterocycles. The van der Waals surface area contributed by atoms with Crippen LogP contribution in [0, 0.1) is 0 Å². The standard InChI is InChI=1S/C18H20N4O4/c23-16-2-1-13(17(24)20-16)22-8-10-5-14-15(6-12(10)18(22)25)26-9-11-7-19-3-4-21(11)14/h5-6,11,13,19H,1-4,7-9H2,(H,20,23,24). The van der Waals surface area contributed by atoms with Crippen LogP contribution in [-0.2, 0) is 16.1 Å². The van der Waals surface area contributed by atoms with Gasteiger partial charge >= 0.3 is 0 Å². The molecule has 4 aliphatic rings. The summed E-state index contributed by atoms with van der Waals surface area (Å²) in [6.45, 7) is 3.71. The number of carbonyl (C=O) groups excluding carboxylic acids is 3. The maximum Gasteiger partial charge on any atom is 0.255 e. The molecule has 5 rings (SSSR count). The molecule has 0 aliphatic carbocycles. The van der Waals surface area contributed by atoms with Crippen LogP contribution in [0.25, 0.3) is 0 Å². The highest BCUT2D eigenvalue weighted by Crippen LogP contribution is 2.40. The van der Waals surface area contributed by atoms with Gasteiger partial charge in [-0.15, -0.1) is 0 Å². The van der Waals surface area contributed by atoms with Crippen molar-refractivity contribution in [3.05, 3.63) is 23.3 Å². The minimum absolute atomic E-state index is 0.164. The number of hydrogen-bond donors (Lipinski definition) is 2. The summed E-state index contributed by atoms with van der Waals surface area (Å²) in [6, 6.07) is 3.57. The van der Waals surface area contributed by atoms with E-state index >= 15 is 0 Å². The first-order valence-corrected chi connectivity index (χ1v) is 9.03. The molecule has 0 radical (unpaired) electrons. The third-order valence-corrected chi connectivity index (χ3v) is 5.69. The smallest absolute Gasteiger partial charge is 0.255 e. The van der Waals surface area contributed by atoms with E-state index in [9.17, 15) is 14.4 Å². The lowest BCUT2D eigenvalue weighted by Gasteiger charge is -2.42. The molecular formula is C18H20N4O4. The van der Waals surface area contributed by atoms with Crippen molar-refractivity contribution in [1.82, 2.24) is 15.5 Å². The van der Waals surface area contributed by atoms with Gasteiger partial charge in [-0.2, -0.15) is 0 Å². The summed E-state index contributed by atoms with van der Waals surface area (Å²) in [6.07, 6.45) is 0.638. The Kier molecular flexibility index (Phi) is 3.43. The SMILES string of the molecule is O=C1CCC(N2Cc3cc4c(cc3C2=O)OCC2CNCCN42)C(=O)N1. The molecule has 1 aromatic carbocycles. The van der Waals surface area contributed by atoms with Crippen molar-refractivity contribution < 1.29 is 19.1 Å². The maximum absolute atomic E-state index is 12.9. The zero-order valence-corrected chi connectivity index (χ0v) is 14.3. The van der Waals surface area contributed by atoms with Crippen molar-refractivity contribution >= 4 is 23.4 Å². The third kappa shape index (κ3) is 2.28. The van der Waals surface area contributed by atoms with Gasteiger partial charge in [-0.25, -0.2) is 0 Å². The topological polar surface area (TPSA) is 91.0 Å². The number of carbonyl (C=O) groups is 3. The monoisotopic (exact) mass is 356 g/mol. The summed E-state index contributed by atoms with van der Waals surface area (Å²) < 4.78 is 5.91. The van der Waals surface area contributed by atoms with E-state index in [1.165, 1.54) is 0 Å². The van der Waals surface area contributed by atoms with Gasteiger partial charge in [0, 0.05) is 38.2 Å². The van der Waals surface area contributed by atoms with E-state index in [4.69, 9.17) is 4.74 Å². The van der Waals surface area contributed by atoms with Gasteiger partial charge in [0.05, 0.1) is 11.7 Å².